The Labute approximate surface area is 151 Å². The number of carboxylic acid groups (broad SMARTS) is 1. The van der Waals surface area contributed by atoms with E-state index >= 15 is 0 Å². The number of ether oxygens (including phenoxy) is 2. The molecule has 0 aliphatic rings. The van der Waals surface area contributed by atoms with Gasteiger partial charge in [0.05, 0.1) is 19.9 Å². The van der Waals surface area contributed by atoms with Crippen LogP contribution in [-0.2, 0) is 9.59 Å². The molecule has 0 unspecified atom stereocenters. The second-order valence-electron chi connectivity index (χ2n) is 5.33. The number of hydrogen-bond acceptors (Lipinski definition) is 6. The molecule has 136 valence electrons. The summed E-state index contributed by atoms with van der Waals surface area (Å²) in [6, 6.07) is 12.3. The highest BCUT2D eigenvalue weighted by molar-refractivity contribution is 5.92. The number of rotatable bonds is 8. The first kappa shape index (κ1) is 19.0. The first-order chi connectivity index (χ1) is 12.5. The van der Waals surface area contributed by atoms with Crippen LogP contribution < -0.4 is 19.9 Å². The molecule has 0 aromatic heterocycles. The third-order valence-electron chi connectivity index (χ3n) is 3.50. The van der Waals surface area contributed by atoms with Crippen LogP contribution in [0.2, 0.25) is 0 Å². The van der Waals surface area contributed by atoms with Gasteiger partial charge in [0.2, 0.25) is 5.91 Å². The molecule has 26 heavy (non-hydrogen) atoms. The molecule has 0 aliphatic heterocycles. The average molecular weight is 355 g/mol. The van der Waals surface area contributed by atoms with E-state index in [2.05, 4.69) is 10.3 Å². The lowest BCUT2D eigenvalue weighted by atomic mass is 10.2. The van der Waals surface area contributed by atoms with Gasteiger partial charge < -0.3 is 24.7 Å². The summed E-state index contributed by atoms with van der Waals surface area (Å²) in [5.41, 5.74) is 2.05. The number of aliphatic imine (C=N–C) groups is 1. The first-order valence-electron chi connectivity index (χ1n) is 7.87. The second-order valence-corrected chi connectivity index (χ2v) is 5.33. The molecule has 0 heterocycles. The Morgan fingerprint density at radius 2 is 1.81 bits per heavy atom. The van der Waals surface area contributed by atoms with Crippen LogP contribution in [-0.4, -0.2) is 32.3 Å². The van der Waals surface area contributed by atoms with Crippen molar-refractivity contribution < 1.29 is 24.2 Å². The molecule has 0 bridgehead atoms. The Balaban J connectivity index is 2.01. The van der Waals surface area contributed by atoms with Crippen LogP contribution in [0.5, 0.6) is 11.5 Å². The lowest BCUT2D eigenvalue weighted by Crippen LogP contribution is -2.24. The minimum atomic E-state index is -1.25. The van der Waals surface area contributed by atoms with Gasteiger partial charge in [0.15, 0.2) is 0 Å². The van der Waals surface area contributed by atoms with Crippen LogP contribution in [0.15, 0.2) is 47.5 Å². The van der Waals surface area contributed by atoms with E-state index in [9.17, 15) is 14.7 Å². The molecule has 2 rings (SSSR count). The molecule has 7 heteroatoms. The zero-order chi connectivity index (χ0) is 18.9. The summed E-state index contributed by atoms with van der Waals surface area (Å²) < 4.78 is 10.5. The smallest absolute Gasteiger partial charge is 0.224 e. The molecule has 0 atom stereocenters. The molecule has 7 nitrogen and oxygen atoms in total. The molecule has 0 aliphatic carbocycles. The van der Waals surface area contributed by atoms with Gasteiger partial charge in [-0.1, -0.05) is 0 Å². The largest absolute Gasteiger partial charge is 0.550 e. The van der Waals surface area contributed by atoms with Gasteiger partial charge in [-0.2, -0.15) is 0 Å². The van der Waals surface area contributed by atoms with Gasteiger partial charge >= 0.3 is 0 Å². The molecule has 0 radical (unpaired) electrons. The number of methoxy groups -OCH3 is 2. The minimum absolute atomic E-state index is 0.125. The quantitative estimate of drug-likeness (QED) is 0.729. The Hall–Kier alpha value is -3.35. The number of nitrogens with zero attached hydrogens (tertiary/aromatic N) is 1. The van der Waals surface area contributed by atoms with E-state index in [1.165, 1.54) is 0 Å². The standard InChI is InChI=1S/C19H20N2O5/c1-25-16-8-3-13(17(11-16)26-2)12-20-14-4-6-15(7-5-14)21-18(22)9-10-19(23)24/h3-8,11-12H,9-10H2,1-2H3,(H,21,22)(H,23,24)/p-1. The predicted molar refractivity (Wildman–Crippen MR) is 96.1 cm³/mol. The maximum absolute atomic E-state index is 11.6. The maximum atomic E-state index is 11.6. The molecule has 0 saturated carbocycles. The van der Waals surface area contributed by atoms with Crippen LogP contribution in [0, 0.1) is 0 Å². The Morgan fingerprint density at radius 3 is 2.42 bits per heavy atom. The van der Waals surface area contributed by atoms with Gasteiger partial charge in [0.1, 0.15) is 11.5 Å². The summed E-state index contributed by atoms with van der Waals surface area (Å²) in [6.07, 6.45) is 1.24. The number of anilines is 1. The highest BCUT2D eigenvalue weighted by Gasteiger charge is 2.04. The fraction of sp³-hybridized carbons (Fsp3) is 0.211. The highest BCUT2D eigenvalue weighted by atomic mass is 16.5. The monoisotopic (exact) mass is 355 g/mol. The lowest BCUT2D eigenvalue weighted by molar-refractivity contribution is -0.305. The van der Waals surface area contributed by atoms with E-state index in [0.717, 1.165) is 5.56 Å². The van der Waals surface area contributed by atoms with Gasteiger partial charge in [-0.3, -0.25) is 9.79 Å². The number of carbonyl (C=O) groups excluding carboxylic acids is 2. The van der Waals surface area contributed by atoms with Crippen molar-refractivity contribution >= 4 is 29.5 Å². The van der Waals surface area contributed by atoms with Crippen LogP contribution in [0.25, 0.3) is 0 Å². The summed E-state index contributed by atoms with van der Waals surface area (Å²) in [4.78, 5) is 26.3. The zero-order valence-corrected chi connectivity index (χ0v) is 14.5. The number of nitrogens with one attached hydrogen (secondary N) is 1. The summed E-state index contributed by atoms with van der Waals surface area (Å²) in [5, 5.41) is 13.0. The Kier molecular flexibility index (Phi) is 6.73. The Bertz CT molecular complexity index is 800. The number of carbonyl (C=O) groups is 2. The number of carboxylic acids is 1. The highest BCUT2D eigenvalue weighted by Crippen LogP contribution is 2.24. The van der Waals surface area contributed by atoms with Gasteiger partial charge in [0.25, 0.3) is 0 Å². The molecule has 1 amide bonds. The van der Waals surface area contributed by atoms with Crippen molar-refractivity contribution in [1.29, 1.82) is 0 Å². The molecular weight excluding hydrogens is 336 g/mol. The molecule has 2 aromatic carbocycles. The SMILES string of the molecule is COc1ccc(C=Nc2ccc(NC(=O)CCC(=O)[O-])cc2)c(OC)c1. The summed E-state index contributed by atoms with van der Waals surface area (Å²) in [5.74, 6) is -0.296. The van der Waals surface area contributed by atoms with Crippen molar-refractivity contribution in [2.75, 3.05) is 19.5 Å². The first-order valence-corrected chi connectivity index (χ1v) is 7.87. The van der Waals surface area contributed by atoms with Crippen LogP contribution in [0.3, 0.4) is 0 Å². The van der Waals surface area contributed by atoms with E-state index in [1.807, 2.05) is 12.1 Å². The number of benzene rings is 2. The van der Waals surface area contributed by atoms with Crippen molar-refractivity contribution in [1.82, 2.24) is 0 Å². The second kappa shape index (κ2) is 9.22. The zero-order valence-electron chi connectivity index (χ0n) is 14.5. The average Bonchev–Trinajstić information content (AvgIpc) is 2.65. The van der Waals surface area contributed by atoms with Gasteiger partial charge in [-0.05, 0) is 42.8 Å². The molecule has 0 saturated heterocycles. The van der Waals surface area contributed by atoms with Crippen molar-refractivity contribution in [2.24, 2.45) is 4.99 Å². The van der Waals surface area contributed by atoms with Crippen LogP contribution in [0.1, 0.15) is 18.4 Å². The number of amides is 1. The van der Waals surface area contributed by atoms with Crippen molar-refractivity contribution in [2.45, 2.75) is 12.8 Å². The molecule has 0 spiro atoms. The van der Waals surface area contributed by atoms with E-state index in [1.54, 1.807) is 50.8 Å². The van der Waals surface area contributed by atoms with Crippen LogP contribution in [0.4, 0.5) is 11.4 Å². The Morgan fingerprint density at radius 1 is 1.08 bits per heavy atom. The van der Waals surface area contributed by atoms with Crippen molar-refractivity contribution in [3.05, 3.63) is 48.0 Å². The van der Waals surface area contributed by atoms with Gasteiger partial charge in [-0.15, -0.1) is 0 Å². The van der Waals surface area contributed by atoms with E-state index in [4.69, 9.17) is 9.47 Å². The summed E-state index contributed by atoms with van der Waals surface area (Å²) in [7, 11) is 3.16. The fourth-order valence-corrected chi connectivity index (χ4v) is 2.14. The third-order valence-corrected chi connectivity index (χ3v) is 3.50. The summed E-state index contributed by atoms with van der Waals surface area (Å²) in [6.45, 7) is 0. The van der Waals surface area contributed by atoms with Crippen LogP contribution >= 0.6 is 0 Å². The fourth-order valence-electron chi connectivity index (χ4n) is 2.14. The van der Waals surface area contributed by atoms with E-state index < -0.39 is 5.97 Å². The maximum Gasteiger partial charge on any atom is 0.224 e. The van der Waals surface area contributed by atoms with E-state index in [-0.39, 0.29) is 18.7 Å². The summed E-state index contributed by atoms with van der Waals surface area (Å²) >= 11 is 0. The minimum Gasteiger partial charge on any atom is -0.550 e. The third kappa shape index (κ3) is 5.62. The molecule has 1 N–H and O–H groups in total. The molecule has 0 fully saturated rings. The van der Waals surface area contributed by atoms with E-state index in [0.29, 0.717) is 22.9 Å². The number of aliphatic carboxylic acids is 1. The lowest BCUT2D eigenvalue weighted by Gasteiger charge is -2.07. The normalized spacial score (nSPS) is 10.5. The van der Waals surface area contributed by atoms with Crippen molar-refractivity contribution in [3.63, 3.8) is 0 Å². The van der Waals surface area contributed by atoms with Gasteiger partial charge in [-0.25, -0.2) is 0 Å². The molecular formula is C19H19N2O5-. The van der Waals surface area contributed by atoms with Gasteiger partial charge in [0, 0.05) is 35.9 Å². The van der Waals surface area contributed by atoms with Crippen molar-refractivity contribution in [3.8, 4) is 11.5 Å². The predicted octanol–water partition coefficient (Wildman–Crippen LogP) is 1.92. The topological polar surface area (TPSA) is 100 Å². The molecule has 2 aromatic rings. The number of hydrogen-bond donors (Lipinski definition) is 1.